The Morgan fingerprint density at radius 3 is 2.42 bits per heavy atom. The van der Waals surface area contributed by atoms with E-state index in [1.54, 1.807) is 22.7 Å². The molecule has 1 aliphatic heterocycles. The van der Waals surface area contributed by atoms with Crippen LogP contribution >= 0.6 is 11.8 Å². The fourth-order valence-electron chi connectivity index (χ4n) is 3.02. The Balaban J connectivity index is 1.56. The molecule has 1 saturated heterocycles. The van der Waals surface area contributed by atoms with Crippen molar-refractivity contribution in [3.05, 3.63) is 54.1 Å². The molecule has 136 valence electrons. The Morgan fingerprint density at radius 1 is 1.00 bits per heavy atom. The molecule has 2 amide bonds. The molecule has 2 aromatic carbocycles. The minimum absolute atomic E-state index is 0.469. The average molecular weight is 369 g/mol. The number of benzene rings is 2. The molecule has 0 bridgehead atoms. The number of piperazine rings is 1. The molecule has 0 radical (unpaired) electrons. The van der Waals surface area contributed by atoms with Gasteiger partial charge in [0.1, 0.15) is 0 Å². The first kappa shape index (κ1) is 18.3. The van der Waals surface area contributed by atoms with Gasteiger partial charge in [0.15, 0.2) is 0 Å². The summed E-state index contributed by atoms with van der Waals surface area (Å²) in [6.07, 6.45) is 1.97. The van der Waals surface area contributed by atoms with E-state index in [1.165, 1.54) is 5.56 Å². The van der Waals surface area contributed by atoms with Gasteiger partial charge in [0, 0.05) is 42.4 Å². The zero-order valence-electron chi connectivity index (χ0n) is 15.1. The third-order valence-electron chi connectivity index (χ3n) is 4.46. The molecular formula is C20H23N3O2S. The Labute approximate surface area is 158 Å². The lowest BCUT2D eigenvalue weighted by molar-refractivity contribution is -0.143. The predicted molar refractivity (Wildman–Crippen MR) is 107 cm³/mol. The van der Waals surface area contributed by atoms with Crippen molar-refractivity contribution >= 4 is 35.0 Å². The van der Waals surface area contributed by atoms with Crippen molar-refractivity contribution in [2.75, 3.05) is 42.7 Å². The Morgan fingerprint density at radius 2 is 1.73 bits per heavy atom. The number of carbonyl (C=O) groups excluding carboxylic acids is 2. The summed E-state index contributed by atoms with van der Waals surface area (Å²) in [6, 6.07) is 15.8. The van der Waals surface area contributed by atoms with E-state index < -0.39 is 11.8 Å². The number of hydrogen-bond acceptors (Lipinski definition) is 4. The number of rotatable bonds is 3. The van der Waals surface area contributed by atoms with Crippen molar-refractivity contribution < 1.29 is 9.59 Å². The number of anilines is 2. The second kappa shape index (κ2) is 8.27. The van der Waals surface area contributed by atoms with E-state index >= 15 is 0 Å². The summed E-state index contributed by atoms with van der Waals surface area (Å²) >= 11 is 1.59. The largest absolute Gasteiger partial charge is 0.368 e. The van der Waals surface area contributed by atoms with Gasteiger partial charge in [0.05, 0.1) is 0 Å². The van der Waals surface area contributed by atoms with Crippen LogP contribution < -0.4 is 10.2 Å². The van der Waals surface area contributed by atoms with Gasteiger partial charge in [-0.05, 0) is 49.1 Å². The van der Waals surface area contributed by atoms with E-state index in [9.17, 15) is 9.59 Å². The SMILES string of the molecule is CSc1cccc(NC(=O)C(=O)N2CCN(c3cccc(C)c3)CC2)c1. The van der Waals surface area contributed by atoms with Crippen molar-refractivity contribution in [3.8, 4) is 0 Å². The summed E-state index contributed by atoms with van der Waals surface area (Å²) in [5.41, 5.74) is 3.02. The van der Waals surface area contributed by atoms with Gasteiger partial charge < -0.3 is 15.1 Å². The third-order valence-corrected chi connectivity index (χ3v) is 5.18. The van der Waals surface area contributed by atoms with Gasteiger partial charge in [0.2, 0.25) is 0 Å². The van der Waals surface area contributed by atoms with Crippen LogP contribution in [0.25, 0.3) is 0 Å². The lowest BCUT2D eigenvalue weighted by Crippen LogP contribution is -2.51. The summed E-state index contributed by atoms with van der Waals surface area (Å²) in [4.78, 5) is 29.6. The highest BCUT2D eigenvalue weighted by atomic mass is 32.2. The lowest BCUT2D eigenvalue weighted by atomic mass is 10.2. The first-order valence-corrected chi connectivity index (χ1v) is 9.85. The molecule has 0 atom stereocenters. The predicted octanol–water partition coefficient (Wildman–Crippen LogP) is 3.00. The molecule has 0 spiro atoms. The number of amides is 2. The van der Waals surface area contributed by atoms with Crippen LogP contribution in [0.4, 0.5) is 11.4 Å². The van der Waals surface area contributed by atoms with Crippen LogP contribution in [0.2, 0.25) is 0 Å². The van der Waals surface area contributed by atoms with Crippen LogP contribution in [-0.4, -0.2) is 49.1 Å². The molecule has 0 aromatic heterocycles. The fraction of sp³-hybridized carbons (Fsp3) is 0.300. The zero-order chi connectivity index (χ0) is 18.5. The van der Waals surface area contributed by atoms with Gasteiger partial charge in [-0.25, -0.2) is 0 Å². The Hall–Kier alpha value is -2.47. The maximum atomic E-state index is 12.4. The van der Waals surface area contributed by atoms with Crippen LogP contribution in [0.15, 0.2) is 53.4 Å². The van der Waals surface area contributed by atoms with E-state index in [0.717, 1.165) is 23.7 Å². The molecule has 1 fully saturated rings. The molecular weight excluding hydrogens is 346 g/mol. The molecule has 2 aromatic rings. The normalized spacial score (nSPS) is 14.2. The number of carbonyl (C=O) groups is 2. The maximum Gasteiger partial charge on any atom is 0.313 e. The number of nitrogens with zero attached hydrogens (tertiary/aromatic N) is 2. The van der Waals surface area contributed by atoms with Crippen molar-refractivity contribution in [2.24, 2.45) is 0 Å². The van der Waals surface area contributed by atoms with Gasteiger partial charge in [-0.3, -0.25) is 9.59 Å². The highest BCUT2D eigenvalue weighted by molar-refractivity contribution is 7.98. The minimum Gasteiger partial charge on any atom is -0.368 e. The van der Waals surface area contributed by atoms with Crippen molar-refractivity contribution in [1.29, 1.82) is 0 Å². The van der Waals surface area contributed by atoms with E-state index in [4.69, 9.17) is 0 Å². The summed E-state index contributed by atoms with van der Waals surface area (Å²) in [5, 5.41) is 2.71. The molecule has 0 saturated carbocycles. The number of nitrogens with one attached hydrogen (secondary N) is 1. The average Bonchev–Trinajstić information content (AvgIpc) is 2.67. The summed E-state index contributed by atoms with van der Waals surface area (Å²) < 4.78 is 0. The monoisotopic (exact) mass is 369 g/mol. The van der Waals surface area contributed by atoms with Crippen LogP contribution in [0.5, 0.6) is 0 Å². The quantitative estimate of drug-likeness (QED) is 0.668. The van der Waals surface area contributed by atoms with Gasteiger partial charge in [0.25, 0.3) is 0 Å². The first-order valence-electron chi connectivity index (χ1n) is 8.63. The molecule has 26 heavy (non-hydrogen) atoms. The molecule has 0 unspecified atom stereocenters. The maximum absolute atomic E-state index is 12.4. The topological polar surface area (TPSA) is 52.7 Å². The highest BCUT2D eigenvalue weighted by Crippen LogP contribution is 2.20. The second-order valence-electron chi connectivity index (χ2n) is 6.30. The number of hydrogen-bond donors (Lipinski definition) is 1. The van der Waals surface area contributed by atoms with Gasteiger partial charge in [-0.15, -0.1) is 11.8 Å². The van der Waals surface area contributed by atoms with Crippen LogP contribution in [-0.2, 0) is 9.59 Å². The number of aryl methyl sites for hydroxylation is 1. The van der Waals surface area contributed by atoms with E-state index in [-0.39, 0.29) is 0 Å². The lowest BCUT2D eigenvalue weighted by Gasteiger charge is -2.35. The molecule has 1 aliphatic rings. The molecule has 5 nitrogen and oxygen atoms in total. The van der Waals surface area contributed by atoms with E-state index in [0.29, 0.717) is 18.8 Å². The smallest absolute Gasteiger partial charge is 0.313 e. The Kier molecular flexibility index (Phi) is 5.83. The van der Waals surface area contributed by atoms with Crippen molar-refractivity contribution in [1.82, 2.24) is 4.90 Å². The summed E-state index contributed by atoms with van der Waals surface area (Å²) in [6.45, 7) is 4.62. The van der Waals surface area contributed by atoms with Crippen LogP contribution in [0.1, 0.15) is 5.56 Å². The van der Waals surface area contributed by atoms with E-state index in [1.807, 2.05) is 30.5 Å². The Bertz CT molecular complexity index is 801. The van der Waals surface area contributed by atoms with Gasteiger partial charge >= 0.3 is 11.8 Å². The zero-order valence-corrected chi connectivity index (χ0v) is 15.9. The number of thioether (sulfide) groups is 1. The fourth-order valence-corrected chi connectivity index (χ4v) is 3.48. The third kappa shape index (κ3) is 4.38. The molecule has 1 heterocycles. The minimum atomic E-state index is -0.577. The molecule has 3 rings (SSSR count). The molecule has 6 heteroatoms. The summed E-state index contributed by atoms with van der Waals surface area (Å²) in [7, 11) is 0. The molecule has 1 N–H and O–H groups in total. The van der Waals surface area contributed by atoms with Crippen LogP contribution in [0, 0.1) is 6.92 Å². The molecule has 0 aliphatic carbocycles. The van der Waals surface area contributed by atoms with Crippen molar-refractivity contribution in [2.45, 2.75) is 11.8 Å². The van der Waals surface area contributed by atoms with E-state index in [2.05, 4.69) is 35.3 Å². The highest BCUT2D eigenvalue weighted by Gasteiger charge is 2.26. The van der Waals surface area contributed by atoms with Crippen molar-refractivity contribution in [3.63, 3.8) is 0 Å². The standard InChI is InChI=1S/C20H23N3O2S/c1-15-5-3-7-17(13-15)22-9-11-23(12-10-22)20(25)19(24)21-16-6-4-8-18(14-16)26-2/h3-8,13-14H,9-12H2,1-2H3,(H,21,24). The van der Waals surface area contributed by atoms with Crippen LogP contribution in [0.3, 0.4) is 0 Å². The van der Waals surface area contributed by atoms with Gasteiger partial charge in [-0.2, -0.15) is 0 Å². The second-order valence-corrected chi connectivity index (χ2v) is 7.18. The summed E-state index contributed by atoms with van der Waals surface area (Å²) in [5.74, 6) is -1.05. The first-order chi connectivity index (χ1) is 12.6. The van der Waals surface area contributed by atoms with Gasteiger partial charge in [-0.1, -0.05) is 18.2 Å².